The summed E-state index contributed by atoms with van der Waals surface area (Å²) in [5.74, 6) is -0.238. The zero-order valence-corrected chi connectivity index (χ0v) is 11.0. The van der Waals surface area contributed by atoms with Gasteiger partial charge in [0.05, 0.1) is 12.0 Å². The Hall–Kier alpha value is -0.100. The Morgan fingerprint density at radius 3 is 1.73 bits per heavy atom. The summed E-state index contributed by atoms with van der Waals surface area (Å²) >= 11 is 0. The van der Waals surface area contributed by atoms with Crippen molar-refractivity contribution in [2.75, 3.05) is 12.0 Å². The molecule has 0 fully saturated rings. The van der Waals surface area contributed by atoms with Crippen LogP contribution in [0, 0.1) is 0 Å². The predicted octanol–water partition coefficient (Wildman–Crippen LogP) is 1.72. The van der Waals surface area contributed by atoms with Crippen molar-refractivity contribution in [3.05, 3.63) is 0 Å². The molecule has 0 aromatic rings. The molecule has 0 aliphatic carbocycles. The second-order valence-corrected chi connectivity index (χ2v) is 10.0. The largest absolute Gasteiger partial charge is 0.253 e. The molecule has 0 aromatic heterocycles. The maximum atomic E-state index is 11.2. The first-order valence-corrected chi connectivity index (χ1v) is 9.30. The Morgan fingerprint density at radius 1 is 0.800 bits per heavy atom. The van der Waals surface area contributed by atoms with E-state index >= 15 is 0 Å². The van der Waals surface area contributed by atoms with Gasteiger partial charge >= 0.3 is 0 Å². The Morgan fingerprint density at radius 2 is 1.27 bits per heavy atom. The highest BCUT2D eigenvalue weighted by molar-refractivity contribution is 8.66. The van der Waals surface area contributed by atoms with Gasteiger partial charge in [0.1, 0.15) is 0 Å². The van der Waals surface area contributed by atoms with Crippen molar-refractivity contribution in [3.63, 3.8) is 0 Å². The van der Waals surface area contributed by atoms with Gasteiger partial charge in [0.25, 0.3) is 17.7 Å². The van der Waals surface area contributed by atoms with E-state index in [0.717, 1.165) is 38.4 Å². The lowest BCUT2D eigenvalue weighted by molar-refractivity contribution is 0.578. The molecule has 0 heterocycles. The van der Waals surface area contributed by atoms with E-state index in [-0.39, 0.29) is 5.75 Å². The summed E-state index contributed by atoms with van der Waals surface area (Å²) in [5.41, 5.74) is 0. The highest BCUT2D eigenvalue weighted by Gasteiger charge is 2.22. The van der Waals surface area contributed by atoms with Crippen molar-refractivity contribution in [1.29, 1.82) is 0 Å². The van der Waals surface area contributed by atoms with E-state index in [2.05, 4.69) is 6.92 Å². The zero-order valence-electron chi connectivity index (χ0n) is 9.40. The molecule has 0 rings (SSSR count). The summed E-state index contributed by atoms with van der Waals surface area (Å²) in [6, 6.07) is 0. The van der Waals surface area contributed by atoms with Crippen molar-refractivity contribution in [2.24, 2.45) is 0 Å². The van der Waals surface area contributed by atoms with Crippen molar-refractivity contribution < 1.29 is 16.8 Å². The van der Waals surface area contributed by atoms with Crippen LogP contribution in [-0.2, 0) is 17.7 Å². The standard InChI is InChI=1S/C9H20O4S2/c1-3-4-5-6-7-8-9-15(12,13)14(2,10)11/h3-9H2,1-2H3. The minimum atomic E-state index is -3.93. The highest BCUT2D eigenvalue weighted by Crippen LogP contribution is 2.09. The summed E-state index contributed by atoms with van der Waals surface area (Å²) in [7, 11) is -7.85. The van der Waals surface area contributed by atoms with Crippen molar-refractivity contribution in [1.82, 2.24) is 0 Å². The molecule has 0 bridgehead atoms. The van der Waals surface area contributed by atoms with E-state index in [1.54, 1.807) is 0 Å². The van der Waals surface area contributed by atoms with E-state index in [9.17, 15) is 16.8 Å². The molecule has 0 saturated heterocycles. The fourth-order valence-corrected chi connectivity index (χ4v) is 3.33. The molecule has 0 unspecified atom stereocenters. The highest BCUT2D eigenvalue weighted by atomic mass is 33.2. The second kappa shape index (κ2) is 6.48. The third-order valence-electron chi connectivity index (χ3n) is 2.21. The van der Waals surface area contributed by atoms with Crippen LogP contribution >= 0.6 is 0 Å². The van der Waals surface area contributed by atoms with Crippen LogP contribution in [0.15, 0.2) is 0 Å². The predicted molar refractivity (Wildman–Crippen MR) is 62.0 cm³/mol. The molecular weight excluding hydrogens is 236 g/mol. The van der Waals surface area contributed by atoms with Crippen LogP contribution < -0.4 is 0 Å². The van der Waals surface area contributed by atoms with Gasteiger partial charge in [-0.2, -0.15) is 0 Å². The number of hydrogen-bond donors (Lipinski definition) is 0. The summed E-state index contributed by atoms with van der Waals surface area (Å²) in [6.07, 6.45) is 6.34. The molecule has 0 spiro atoms. The molecule has 0 saturated carbocycles. The number of hydrogen-bond acceptors (Lipinski definition) is 4. The average molecular weight is 256 g/mol. The first kappa shape index (κ1) is 14.9. The lowest BCUT2D eigenvalue weighted by Gasteiger charge is -2.01. The summed E-state index contributed by atoms with van der Waals surface area (Å²) in [4.78, 5) is 0. The molecule has 0 aromatic carbocycles. The zero-order chi connectivity index (χ0) is 11.9. The van der Waals surface area contributed by atoms with Crippen LogP contribution in [0.3, 0.4) is 0 Å². The Bertz CT molecular complexity index is 354. The average Bonchev–Trinajstić information content (AvgIpc) is 2.09. The van der Waals surface area contributed by atoms with Crippen LogP contribution in [0.25, 0.3) is 0 Å². The van der Waals surface area contributed by atoms with Crippen molar-refractivity contribution in [3.8, 4) is 0 Å². The SMILES string of the molecule is CCCCCCCCS(=O)(=O)S(C)(=O)=O. The van der Waals surface area contributed by atoms with Crippen LogP contribution in [0.2, 0.25) is 0 Å². The molecule has 0 aliphatic rings. The first-order chi connectivity index (χ1) is 6.81. The summed E-state index contributed by atoms with van der Waals surface area (Å²) in [5, 5.41) is 0. The van der Waals surface area contributed by atoms with Crippen molar-refractivity contribution in [2.45, 2.75) is 45.4 Å². The van der Waals surface area contributed by atoms with Gasteiger partial charge in [0.15, 0.2) is 0 Å². The summed E-state index contributed by atoms with van der Waals surface area (Å²) < 4.78 is 44.0. The number of unbranched alkanes of at least 4 members (excludes halogenated alkanes) is 5. The van der Waals surface area contributed by atoms with Crippen LogP contribution in [0.5, 0.6) is 0 Å². The smallest absolute Gasteiger partial charge is 0.213 e. The molecule has 0 N–H and O–H groups in total. The monoisotopic (exact) mass is 256 g/mol. The minimum Gasteiger partial charge on any atom is -0.213 e. The number of rotatable bonds is 8. The molecule has 0 atom stereocenters. The van der Waals surface area contributed by atoms with Gasteiger partial charge in [-0.05, 0) is 6.42 Å². The second-order valence-electron chi connectivity index (χ2n) is 3.73. The van der Waals surface area contributed by atoms with E-state index < -0.39 is 17.7 Å². The van der Waals surface area contributed by atoms with Crippen LogP contribution in [0.1, 0.15) is 45.4 Å². The third-order valence-corrected chi connectivity index (χ3v) is 7.19. The molecule has 0 amide bonds. The molecule has 0 radical (unpaired) electrons. The van der Waals surface area contributed by atoms with Crippen LogP contribution in [0.4, 0.5) is 0 Å². The Labute approximate surface area is 92.3 Å². The van der Waals surface area contributed by atoms with Gasteiger partial charge in [-0.15, -0.1) is 0 Å². The molecule has 4 nitrogen and oxygen atoms in total. The lowest BCUT2D eigenvalue weighted by atomic mass is 10.1. The van der Waals surface area contributed by atoms with E-state index in [1.165, 1.54) is 0 Å². The Kier molecular flexibility index (Phi) is 6.43. The third kappa shape index (κ3) is 6.14. The maximum Gasteiger partial charge on any atom is 0.253 e. The topological polar surface area (TPSA) is 68.3 Å². The van der Waals surface area contributed by atoms with Gasteiger partial charge in [-0.3, -0.25) is 0 Å². The first-order valence-electron chi connectivity index (χ1n) is 5.24. The van der Waals surface area contributed by atoms with Crippen molar-refractivity contribution >= 4 is 17.7 Å². The molecule has 15 heavy (non-hydrogen) atoms. The molecule has 0 aliphatic heterocycles. The quantitative estimate of drug-likeness (QED) is 0.490. The van der Waals surface area contributed by atoms with E-state index in [4.69, 9.17) is 0 Å². The van der Waals surface area contributed by atoms with E-state index in [0.29, 0.717) is 6.42 Å². The lowest BCUT2D eigenvalue weighted by Crippen LogP contribution is -2.17. The fourth-order valence-electron chi connectivity index (χ4n) is 1.21. The van der Waals surface area contributed by atoms with Crippen LogP contribution in [-0.4, -0.2) is 28.8 Å². The molecule has 6 heteroatoms. The fraction of sp³-hybridized carbons (Fsp3) is 1.00. The van der Waals surface area contributed by atoms with E-state index in [1.807, 2.05) is 0 Å². The van der Waals surface area contributed by atoms with Gasteiger partial charge in [0.2, 0.25) is 0 Å². The summed E-state index contributed by atoms with van der Waals surface area (Å²) in [6.45, 7) is 2.11. The normalized spacial score (nSPS) is 12.9. The Balaban J connectivity index is 3.79. The minimum absolute atomic E-state index is 0.238. The maximum absolute atomic E-state index is 11.2. The van der Waals surface area contributed by atoms with Gasteiger partial charge in [-0.25, -0.2) is 16.8 Å². The molecular formula is C9H20O4S2. The van der Waals surface area contributed by atoms with Gasteiger partial charge in [-0.1, -0.05) is 39.0 Å². The van der Waals surface area contributed by atoms with Gasteiger partial charge in [0, 0.05) is 0 Å². The van der Waals surface area contributed by atoms with Gasteiger partial charge < -0.3 is 0 Å². The molecule has 92 valence electrons.